The van der Waals surface area contributed by atoms with Crippen LogP contribution in [0.15, 0.2) is 48.5 Å². The van der Waals surface area contributed by atoms with Gasteiger partial charge in [0.15, 0.2) is 11.6 Å². The molecule has 1 aliphatic rings. The molecule has 29 heavy (non-hydrogen) atoms. The van der Waals surface area contributed by atoms with Crippen LogP contribution in [-0.2, 0) is 9.59 Å². The van der Waals surface area contributed by atoms with E-state index >= 15 is 0 Å². The zero-order chi connectivity index (χ0) is 20.6. The van der Waals surface area contributed by atoms with Crippen LogP contribution >= 0.6 is 0 Å². The van der Waals surface area contributed by atoms with Gasteiger partial charge in [0.05, 0.1) is 19.6 Å². The van der Waals surface area contributed by atoms with Gasteiger partial charge in [-0.05, 0) is 31.2 Å². The van der Waals surface area contributed by atoms with Crippen LogP contribution in [0.5, 0.6) is 5.75 Å². The van der Waals surface area contributed by atoms with E-state index in [1.165, 1.54) is 6.07 Å². The quantitative estimate of drug-likeness (QED) is 0.778. The van der Waals surface area contributed by atoms with E-state index in [2.05, 4.69) is 5.32 Å². The second-order valence-corrected chi connectivity index (χ2v) is 7.10. The van der Waals surface area contributed by atoms with E-state index < -0.39 is 5.82 Å². The molecule has 2 aromatic carbocycles. The lowest BCUT2D eigenvalue weighted by Crippen LogP contribution is -2.50. The Bertz CT molecular complexity index is 833. The van der Waals surface area contributed by atoms with Gasteiger partial charge in [-0.25, -0.2) is 4.39 Å². The van der Waals surface area contributed by atoms with Gasteiger partial charge >= 0.3 is 0 Å². The lowest BCUT2D eigenvalue weighted by molar-refractivity contribution is -0.133. The molecule has 0 radical (unpaired) electrons. The number of hydrogen-bond acceptors (Lipinski definition) is 4. The Kier molecular flexibility index (Phi) is 7.19. The molecule has 1 heterocycles. The van der Waals surface area contributed by atoms with E-state index in [-0.39, 0.29) is 30.6 Å². The third kappa shape index (κ3) is 6.29. The molecule has 2 aromatic rings. The Morgan fingerprint density at radius 2 is 1.72 bits per heavy atom. The minimum Gasteiger partial charge on any atom is -0.490 e. The maximum atomic E-state index is 13.5. The summed E-state index contributed by atoms with van der Waals surface area (Å²) < 4.78 is 18.9. The molecule has 2 amide bonds. The molecule has 1 fully saturated rings. The Balaban J connectivity index is 1.36. The number of nitrogens with one attached hydrogen (secondary N) is 1. The van der Waals surface area contributed by atoms with Gasteiger partial charge in [-0.1, -0.05) is 29.8 Å². The van der Waals surface area contributed by atoms with E-state index in [0.717, 1.165) is 11.3 Å². The highest BCUT2D eigenvalue weighted by molar-refractivity contribution is 5.92. The number of para-hydroxylation sites is 1. The van der Waals surface area contributed by atoms with Crippen molar-refractivity contribution in [1.29, 1.82) is 0 Å². The second kappa shape index (κ2) is 10.0. The molecule has 0 unspecified atom stereocenters. The van der Waals surface area contributed by atoms with Gasteiger partial charge in [-0.15, -0.1) is 0 Å². The molecule has 0 aromatic heterocycles. The standard InChI is InChI=1S/C22H26FN3O3/c1-17-6-8-18(9-7-17)24-21(27)16-25-11-13-26(14-12-25)22(28)10-15-29-20-5-3-2-4-19(20)23/h2-9H,10-16H2,1H3,(H,24,27). The molecule has 0 bridgehead atoms. The number of hydrogen-bond donors (Lipinski definition) is 1. The van der Waals surface area contributed by atoms with Gasteiger partial charge in [0.1, 0.15) is 0 Å². The van der Waals surface area contributed by atoms with Crippen molar-refractivity contribution in [3.63, 3.8) is 0 Å². The van der Waals surface area contributed by atoms with Crippen molar-refractivity contribution in [3.05, 3.63) is 59.9 Å². The van der Waals surface area contributed by atoms with Gasteiger partial charge in [0, 0.05) is 31.9 Å². The first-order valence-corrected chi connectivity index (χ1v) is 9.75. The summed E-state index contributed by atoms with van der Waals surface area (Å²) in [7, 11) is 0. The Morgan fingerprint density at radius 3 is 2.41 bits per heavy atom. The van der Waals surface area contributed by atoms with Crippen LogP contribution in [-0.4, -0.2) is 60.9 Å². The number of benzene rings is 2. The predicted octanol–water partition coefficient (Wildman–Crippen LogP) is 2.69. The average Bonchev–Trinajstić information content (AvgIpc) is 2.71. The normalized spacial score (nSPS) is 14.5. The maximum Gasteiger partial charge on any atom is 0.238 e. The van der Waals surface area contributed by atoms with Crippen molar-refractivity contribution in [2.24, 2.45) is 0 Å². The van der Waals surface area contributed by atoms with Crippen LogP contribution in [0, 0.1) is 12.7 Å². The fourth-order valence-electron chi connectivity index (χ4n) is 3.16. The summed E-state index contributed by atoms with van der Waals surface area (Å²) in [5, 5.41) is 2.89. The van der Waals surface area contributed by atoms with E-state index in [1.807, 2.05) is 36.1 Å². The average molecular weight is 399 g/mol. The highest BCUT2D eigenvalue weighted by Crippen LogP contribution is 2.16. The highest BCUT2D eigenvalue weighted by Gasteiger charge is 2.22. The number of carbonyl (C=O) groups excluding carboxylic acids is 2. The van der Waals surface area contributed by atoms with Crippen LogP contribution in [0.3, 0.4) is 0 Å². The van der Waals surface area contributed by atoms with Crippen molar-refractivity contribution in [2.75, 3.05) is 44.6 Å². The predicted molar refractivity (Wildman–Crippen MR) is 109 cm³/mol. The number of ether oxygens (including phenoxy) is 1. The second-order valence-electron chi connectivity index (χ2n) is 7.10. The SMILES string of the molecule is Cc1ccc(NC(=O)CN2CCN(C(=O)CCOc3ccccc3F)CC2)cc1. The van der Waals surface area contributed by atoms with Crippen LogP contribution in [0.1, 0.15) is 12.0 Å². The topological polar surface area (TPSA) is 61.9 Å². The van der Waals surface area contributed by atoms with Gasteiger partial charge in [-0.2, -0.15) is 0 Å². The molecule has 154 valence electrons. The molecule has 0 spiro atoms. The van der Waals surface area contributed by atoms with Crippen molar-refractivity contribution < 1.29 is 18.7 Å². The summed E-state index contributed by atoms with van der Waals surface area (Å²) in [6, 6.07) is 13.8. The minimum absolute atomic E-state index is 0.0231. The molecule has 0 aliphatic carbocycles. The summed E-state index contributed by atoms with van der Waals surface area (Å²) in [4.78, 5) is 28.3. The summed E-state index contributed by atoms with van der Waals surface area (Å²) >= 11 is 0. The maximum absolute atomic E-state index is 13.5. The van der Waals surface area contributed by atoms with E-state index in [4.69, 9.17) is 4.74 Å². The van der Waals surface area contributed by atoms with E-state index in [9.17, 15) is 14.0 Å². The van der Waals surface area contributed by atoms with Gasteiger partial charge in [0.2, 0.25) is 11.8 Å². The Hall–Kier alpha value is -2.93. The summed E-state index contributed by atoms with van der Waals surface area (Å²) in [6.45, 7) is 4.85. The number of nitrogens with zero attached hydrogens (tertiary/aromatic N) is 2. The molecule has 1 saturated heterocycles. The fourth-order valence-corrected chi connectivity index (χ4v) is 3.16. The molecular formula is C22H26FN3O3. The fraction of sp³-hybridized carbons (Fsp3) is 0.364. The molecule has 1 aliphatic heterocycles. The largest absolute Gasteiger partial charge is 0.490 e. The molecule has 6 nitrogen and oxygen atoms in total. The van der Waals surface area contributed by atoms with Crippen molar-refractivity contribution in [2.45, 2.75) is 13.3 Å². The first-order chi connectivity index (χ1) is 14.0. The highest BCUT2D eigenvalue weighted by atomic mass is 19.1. The van der Waals surface area contributed by atoms with E-state index in [1.54, 1.807) is 23.1 Å². The first kappa shape index (κ1) is 20.8. The summed E-state index contributed by atoms with van der Waals surface area (Å²) in [5.41, 5.74) is 1.92. The zero-order valence-corrected chi connectivity index (χ0v) is 16.6. The van der Waals surface area contributed by atoms with Crippen LogP contribution < -0.4 is 10.1 Å². The lowest BCUT2D eigenvalue weighted by Gasteiger charge is -2.34. The molecule has 0 atom stereocenters. The number of carbonyl (C=O) groups is 2. The monoisotopic (exact) mass is 399 g/mol. The zero-order valence-electron chi connectivity index (χ0n) is 16.6. The number of halogens is 1. The van der Waals surface area contributed by atoms with Crippen LogP contribution in [0.2, 0.25) is 0 Å². The molecular weight excluding hydrogens is 373 g/mol. The number of piperazine rings is 1. The minimum atomic E-state index is -0.433. The molecule has 1 N–H and O–H groups in total. The van der Waals surface area contributed by atoms with E-state index in [0.29, 0.717) is 32.7 Å². The summed E-state index contributed by atoms with van der Waals surface area (Å²) in [6.07, 6.45) is 0.197. The third-order valence-corrected chi connectivity index (χ3v) is 4.84. The lowest BCUT2D eigenvalue weighted by atomic mass is 10.2. The number of anilines is 1. The molecule has 0 saturated carbocycles. The number of aryl methyl sites for hydroxylation is 1. The number of rotatable bonds is 7. The Morgan fingerprint density at radius 1 is 1.03 bits per heavy atom. The van der Waals surface area contributed by atoms with Gasteiger partial charge in [-0.3, -0.25) is 14.5 Å². The Labute approximate surface area is 170 Å². The molecule has 7 heteroatoms. The van der Waals surface area contributed by atoms with Crippen LogP contribution in [0.4, 0.5) is 10.1 Å². The third-order valence-electron chi connectivity index (χ3n) is 4.84. The van der Waals surface area contributed by atoms with Crippen molar-refractivity contribution >= 4 is 17.5 Å². The van der Waals surface area contributed by atoms with Crippen molar-refractivity contribution in [1.82, 2.24) is 9.80 Å². The first-order valence-electron chi connectivity index (χ1n) is 9.75. The van der Waals surface area contributed by atoms with Gasteiger partial charge in [0.25, 0.3) is 0 Å². The number of amides is 2. The smallest absolute Gasteiger partial charge is 0.238 e. The summed E-state index contributed by atoms with van der Waals surface area (Å²) in [5.74, 6) is -0.362. The van der Waals surface area contributed by atoms with Gasteiger partial charge < -0.3 is 15.0 Å². The molecule has 3 rings (SSSR count). The van der Waals surface area contributed by atoms with Crippen LogP contribution in [0.25, 0.3) is 0 Å². The van der Waals surface area contributed by atoms with Crippen molar-refractivity contribution in [3.8, 4) is 5.75 Å².